The third-order valence-corrected chi connectivity index (χ3v) is 2.52. The van der Waals surface area contributed by atoms with Gasteiger partial charge in [0.2, 0.25) is 11.9 Å². The van der Waals surface area contributed by atoms with Gasteiger partial charge in [-0.2, -0.15) is 15.0 Å². The largest absolute Gasteiger partial charge is 0.463 e. The summed E-state index contributed by atoms with van der Waals surface area (Å²) in [6, 6.07) is 0.326. The molecule has 0 spiro atoms. The van der Waals surface area contributed by atoms with Gasteiger partial charge in [0.25, 0.3) is 0 Å². The van der Waals surface area contributed by atoms with Crippen molar-refractivity contribution < 1.29 is 9.84 Å². The van der Waals surface area contributed by atoms with E-state index in [1.165, 1.54) is 0 Å². The molecule has 0 atom stereocenters. The fourth-order valence-electron chi connectivity index (χ4n) is 1.68. The van der Waals surface area contributed by atoms with E-state index in [9.17, 15) is 0 Å². The van der Waals surface area contributed by atoms with Crippen molar-refractivity contribution in [1.29, 1.82) is 0 Å². The van der Waals surface area contributed by atoms with E-state index in [1.807, 2.05) is 18.7 Å². The molecule has 20 heavy (non-hydrogen) atoms. The lowest BCUT2D eigenvalue weighted by atomic mass is 10.4. The highest BCUT2D eigenvalue weighted by Crippen LogP contribution is 2.15. The van der Waals surface area contributed by atoms with Gasteiger partial charge in [0.1, 0.15) is 0 Å². The predicted octanol–water partition coefficient (Wildman–Crippen LogP) is 1.30. The summed E-state index contributed by atoms with van der Waals surface area (Å²) in [5, 5.41) is 12.2. The first kappa shape index (κ1) is 16.4. The molecule has 0 unspecified atom stereocenters. The molecule has 1 heterocycles. The molecular formula is C13H25N5O2. The van der Waals surface area contributed by atoms with Crippen molar-refractivity contribution in [2.45, 2.75) is 33.6 Å². The van der Waals surface area contributed by atoms with E-state index in [0.29, 0.717) is 31.1 Å². The molecule has 2 N–H and O–H groups in total. The Hall–Kier alpha value is -1.63. The average molecular weight is 283 g/mol. The SMILES string of the molecule is CCCOc1nc(NCC)nc(N(CCC)CCO)n1. The standard InChI is InChI=1S/C13H25N5O2/c1-4-7-18(8-9-19)12-15-11(14-6-3)16-13(17-12)20-10-5-2/h19H,4-10H2,1-3H3,(H,14,15,16,17). The summed E-state index contributed by atoms with van der Waals surface area (Å²) in [6.07, 6.45) is 1.85. The van der Waals surface area contributed by atoms with Crippen LogP contribution in [0.5, 0.6) is 6.01 Å². The molecule has 114 valence electrons. The number of rotatable bonds is 10. The Morgan fingerprint density at radius 1 is 1.10 bits per heavy atom. The van der Waals surface area contributed by atoms with Gasteiger partial charge in [0.05, 0.1) is 13.2 Å². The fraction of sp³-hybridized carbons (Fsp3) is 0.769. The Morgan fingerprint density at radius 2 is 1.90 bits per heavy atom. The van der Waals surface area contributed by atoms with Crippen LogP contribution in [0.4, 0.5) is 11.9 Å². The highest BCUT2D eigenvalue weighted by atomic mass is 16.5. The predicted molar refractivity (Wildman–Crippen MR) is 79.4 cm³/mol. The van der Waals surface area contributed by atoms with Gasteiger partial charge < -0.3 is 20.1 Å². The van der Waals surface area contributed by atoms with E-state index >= 15 is 0 Å². The van der Waals surface area contributed by atoms with Crippen LogP contribution in [0.25, 0.3) is 0 Å². The Bertz CT molecular complexity index is 383. The van der Waals surface area contributed by atoms with Crippen LogP contribution in [0.2, 0.25) is 0 Å². The summed E-state index contributed by atoms with van der Waals surface area (Å²) in [6.45, 7) is 8.72. The topological polar surface area (TPSA) is 83.4 Å². The summed E-state index contributed by atoms with van der Waals surface area (Å²) in [5.41, 5.74) is 0. The molecule has 1 rings (SSSR count). The molecule has 0 saturated heterocycles. The lowest BCUT2D eigenvalue weighted by Gasteiger charge is -2.21. The van der Waals surface area contributed by atoms with Gasteiger partial charge in [0.15, 0.2) is 0 Å². The number of anilines is 2. The van der Waals surface area contributed by atoms with Crippen LogP contribution in [0.15, 0.2) is 0 Å². The van der Waals surface area contributed by atoms with Gasteiger partial charge >= 0.3 is 6.01 Å². The van der Waals surface area contributed by atoms with Crippen LogP contribution in [0.1, 0.15) is 33.6 Å². The highest BCUT2D eigenvalue weighted by molar-refractivity contribution is 5.38. The van der Waals surface area contributed by atoms with Crippen molar-refractivity contribution >= 4 is 11.9 Å². The second kappa shape index (κ2) is 9.30. The van der Waals surface area contributed by atoms with Crippen LogP contribution in [0.3, 0.4) is 0 Å². The summed E-state index contributed by atoms with van der Waals surface area (Å²) in [5.74, 6) is 1.04. The van der Waals surface area contributed by atoms with E-state index in [-0.39, 0.29) is 6.61 Å². The molecule has 0 saturated carbocycles. The van der Waals surface area contributed by atoms with Crippen LogP contribution >= 0.6 is 0 Å². The first-order valence-electron chi connectivity index (χ1n) is 7.23. The number of nitrogens with zero attached hydrogens (tertiary/aromatic N) is 4. The van der Waals surface area contributed by atoms with Crippen molar-refractivity contribution in [1.82, 2.24) is 15.0 Å². The number of ether oxygens (including phenoxy) is 1. The van der Waals surface area contributed by atoms with E-state index in [1.54, 1.807) is 0 Å². The van der Waals surface area contributed by atoms with Gasteiger partial charge in [-0.15, -0.1) is 0 Å². The van der Waals surface area contributed by atoms with E-state index < -0.39 is 0 Å². The molecule has 0 aliphatic carbocycles. The minimum atomic E-state index is 0.0629. The number of hydrogen-bond donors (Lipinski definition) is 2. The number of nitrogens with one attached hydrogen (secondary N) is 1. The first-order valence-corrected chi connectivity index (χ1v) is 7.23. The molecule has 0 bridgehead atoms. The molecule has 7 heteroatoms. The Labute approximate surface area is 120 Å². The zero-order valence-electron chi connectivity index (χ0n) is 12.6. The monoisotopic (exact) mass is 283 g/mol. The summed E-state index contributed by atoms with van der Waals surface area (Å²) < 4.78 is 5.50. The number of aliphatic hydroxyl groups excluding tert-OH is 1. The molecular weight excluding hydrogens is 258 g/mol. The Morgan fingerprint density at radius 3 is 2.50 bits per heavy atom. The number of aliphatic hydroxyl groups is 1. The van der Waals surface area contributed by atoms with Crippen LogP contribution in [-0.2, 0) is 0 Å². The molecule has 0 aliphatic heterocycles. The normalized spacial score (nSPS) is 10.4. The van der Waals surface area contributed by atoms with E-state index in [4.69, 9.17) is 9.84 Å². The maximum absolute atomic E-state index is 9.15. The first-order chi connectivity index (χ1) is 9.74. The fourth-order valence-corrected chi connectivity index (χ4v) is 1.68. The molecule has 0 fully saturated rings. The second-order valence-corrected chi connectivity index (χ2v) is 4.33. The lowest BCUT2D eigenvalue weighted by molar-refractivity contribution is 0.289. The maximum atomic E-state index is 9.15. The van der Waals surface area contributed by atoms with Gasteiger partial charge in [0, 0.05) is 19.6 Å². The average Bonchev–Trinajstić information content (AvgIpc) is 2.45. The van der Waals surface area contributed by atoms with Gasteiger partial charge in [-0.1, -0.05) is 13.8 Å². The number of hydrogen-bond acceptors (Lipinski definition) is 7. The second-order valence-electron chi connectivity index (χ2n) is 4.33. The summed E-state index contributed by atoms with van der Waals surface area (Å²) in [4.78, 5) is 14.8. The lowest BCUT2D eigenvalue weighted by Crippen LogP contribution is -2.29. The number of aromatic nitrogens is 3. The molecule has 0 aromatic carbocycles. The van der Waals surface area contributed by atoms with Crippen molar-refractivity contribution in [2.75, 3.05) is 43.1 Å². The van der Waals surface area contributed by atoms with Gasteiger partial charge in [-0.3, -0.25) is 0 Å². The molecule has 1 aromatic heterocycles. The van der Waals surface area contributed by atoms with Crippen molar-refractivity contribution in [2.24, 2.45) is 0 Å². The Kier molecular flexibility index (Phi) is 7.64. The minimum absolute atomic E-state index is 0.0629. The third-order valence-electron chi connectivity index (χ3n) is 2.52. The van der Waals surface area contributed by atoms with Crippen LogP contribution in [-0.4, -0.2) is 52.9 Å². The molecule has 0 amide bonds. The van der Waals surface area contributed by atoms with Gasteiger partial charge in [-0.05, 0) is 19.8 Å². The van der Waals surface area contributed by atoms with Crippen molar-refractivity contribution in [3.63, 3.8) is 0 Å². The molecule has 0 aliphatic rings. The van der Waals surface area contributed by atoms with E-state index in [0.717, 1.165) is 25.9 Å². The van der Waals surface area contributed by atoms with Crippen molar-refractivity contribution in [3.8, 4) is 6.01 Å². The zero-order valence-corrected chi connectivity index (χ0v) is 12.6. The summed E-state index contributed by atoms with van der Waals surface area (Å²) in [7, 11) is 0. The third kappa shape index (κ3) is 5.16. The zero-order chi connectivity index (χ0) is 14.8. The van der Waals surface area contributed by atoms with E-state index in [2.05, 4.69) is 27.2 Å². The molecule has 1 aromatic rings. The molecule has 0 radical (unpaired) electrons. The van der Waals surface area contributed by atoms with Crippen LogP contribution < -0.4 is 15.0 Å². The smallest absolute Gasteiger partial charge is 0.323 e. The molecule has 7 nitrogen and oxygen atoms in total. The van der Waals surface area contributed by atoms with Crippen LogP contribution in [0, 0.1) is 0 Å². The quantitative estimate of drug-likeness (QED) is 0.669. The Balaban J connectivity index is 2.97. The highest BCUT2D eigenvalue weighted by Gasteiger charge is 2.13. The van der Waals surface area contributed by atoms with Crippen molar-refractivity contribution in [3.05, 3.63) is 0 Å². The van der Waals surface area contributed by atoms with Gasteiger partial charge in [-0.25, -0.2) is 0 Å². The summed E-state index contributed by atoms with van der Waals surface area (Å²) >= 11 is 0. The maximum Gasteiger partial charge on any atom is 0.323 e. The minimum Gasteiger partial charge on any atom is -0.463 e.